The van der Waals surface area contributed by atoms with Crippen molar-refractivity contribution in [3.05, 3.63) is 40.7 Å². The maximum atomic E-state index is 12.6. The third-order valence-electron chi connectivity index (χ3n) is 3.73. The van der Waals surface area contributed by atoms with Gasteiger partial charge in [-0.1, -0.05) is 25.4 Å². The highest BCUT2D eigenvalue weighted by Crippen LogP contribution is 2.27. The molecule has 0 atom stereocenters. The summed E-state index contributed by atoms with van der Waals surface area (Å²) in [5.41, 5.74) is 2.09. The molecule has 2 amide bonds. The summed E-state index contributed by atoms with van der Waals surface area (Å²) in [6.45, 7) is 11.7. The number of rotatable bonds is 4. The van der Waals surface area contributed by atoms with Gasteiger partial charge >= 0.3 is 0 Å². The Morgan fingerprint density at radius 2 is 1.81 bits per heavy atom. The SMILES string of the molecule is CC(=O)Nc1cc(NC(=O)c2cc(C(C)C)n(C(C)(C)C)n2)ccc1Cl. The van der Waals surface area contributed by atoms with E-state index in [1.54, 1.807) is 18.2 Å². The zero-order valence-electron chi connectivity index (χ0n) is 16.0. The van der Waals surface area contributed by atoms with Crippen molar-refractivity contribution < 1.29 is 9.59 Å². The van der Waals surface area contributed by atoms with Gasteiger partial charge in [0.05, 0.1) is 16.2 Å². The van der Waals surface area contributed by atoms with E-state index in [1.165, 1.54) is 6.92 Å². The third kappa shape index (κ3) is 4.64. The van der Waals surface area contributed by atoms with E-state index in [-0.39, 0.29) is 23.3 Å². The summed E-state index contributed by atoms with van der Waals surface area (Å²) < 4.78 is 1.89. The number of nitrogens with zero attached hydrogens (tertiary/aromatic N) is 2. The Morgan fingerprint density at radius 3 is 2.31 bits per heavy atom. The molecule has 0 aliphatic heterocycles. The molecule has 1 aromatic heterocycles. The van der Waals surface area contributed by atoms with Crippen LogP contribution in [0.25, 0.3) is 0 Å². The standard InChI is InChI=1S/C19H25ClN4O2/c1-11(2)17-10-16(23-24(17)19(4,5)6)18(26)22-13-7-8-14(20)15(9-13)21-12(3)25/h7-11H,1-6H3,(H,21,25)(H,22,26). The van der Waals surface area contributed by atoms with Crippen LogP contribution >= 0.6 is 11.6 Å². The number of halogens is 1. The van der Waals surface area contributed by atoms with Gasteiger partial charge in [-0.15, -0.1) is 0 Å². The predicted octanol–water partition coefficient (Wildman–Crippen LogP) is 4.63. The molecular weight excluding hydrogens is 352 g/mol. The van der Waals surface area contributed by atoms with E-state index in [1.807, 2.05) is 31.5 Å². The maximum absolute atomic E-state index is 12.6. The number of nitrogens with one attached hydrogen (secondary N) is 2. The van der Waals surface area contributed by atoms with Crippen LogP contribution in [0.15, 0.2) is 24.3 Å². The van der Waals surface area contributed by atoms with Gasteiger partial charge in [0.15, 0.2) is 5.69 Å². The van der Waals surface area contributed by atoms with E-state index in [0.29, 0.717) is 22.1 Å². The van der Waals surface area contributed by atoms with Gasteiger partial charge in [-0.2, -0.15) is 5.10 Å². The van der Waals surface area contributed by atoms with Gasteiger partial charge in [-0.3, -0.25) is 14.3 Å². The number of carbonyl (C=O) groups excluding carboxylic acids is 2. The molecule has 0 unspecified atom stereocenters. The number of amides is 2. The smallest absolute Gasteiger partial charge is 0.276 e. The average molecular weight is 377 g/mol. The van der Waals surface area contributed by atoms with Crippen molar-refractivity contribution in [3.63, 3.8) is 0 Å². The number of anilines is 2. The van der Waals surface area contributed by atoms with Crippen LogP contribution in [0.4, 0.5) is 11.4 Å². The highest BCUT2D eigenvalue weighted by atomic mass is 35.5. The van der Waals surface area contributed by atoms with Crippen molar-refractivity contribution in [2.75, 3.05) is 10.6 Å². The zero-order valence-corrected chi connectivity index (χ0v) is 16.7. The number of benzene rings is 1. The lowest BCUT2D eigenvalue weighted by atomic mass is 10.1. The fraction of sp³-hybridized carbons (Fsp3) is 0.421. The largest absolute Gasteiger partial charge is 0.325 e. The number of hydrogen-bond acceptors (Lipinski definition) is 3. The van der Waals surface area contributed by atoms with Gasteiger partial charge in [0.25, 0.3) is 5.91 Å². The molecule has 140 valence electrons. The molecule has 2 aromatic rings. The van der Waals surface area contributed by atoms with Crippen LogP contribution in [0.3, 0.4) is 0 Å². The molecule has 0 aliphatic rings. The average Bonchev–Trinajstić information content (AvgIpc) is 2.96. The topological polar surface area (TPSA) is 76.0 Å². The predicted molar refractivity (Wildman–Crippen MR) is 105 cm³/mol. The normalized spacial score (nSPS) is 11.5. The van der Waals surface area contributed by atoms with Crippen molar-refractivity contribution in [3.8, 4) is 0 Å². The van der Waals surface area contributed by atoms with Gasteiger partial charge in [0.1, 0.15) is 0 Å². The van der Waals surface area contributed by atoms with Crippen molar-refractivity contribution in [1.82, 2.24) is 9.78 Å². The monoisotopic (exact) mass is 376 g/mol. The summed E-state index contributed by atoms with van der Waals surface area (Å²) in [4.78, 5) is 23.9. The lowest BCUT2D eigenvalue weighted by Gasteiger charge is -2.23. The van der Waals surface area contributed by atoms with Crippen LogP contribution in [0.5, 0.6) is 0 Å². The minimum atomic E-state index is -0.314. The molecule has 0 spiro atoms. The summed E-state index contributed by atoms with van der Waals surface area (Å²) in [7, 11) is 0. The van der Waals surface area contributed by atoms with Gasteiger partial charge in [-0.05, 0) is 51.0 Å². The van der Waals surface area contributed by atoms with Crippen molar-refractivity contribution >= 4 is 34.8 Å². The van der Waals surface area contributed by atoms with E-state index in [0.717, 1.165) is 5.69 Å². The minimum absolute atomic E-state index is 0.225. The Bertz CT molecular complexity index is 835. The van der Waals surface area contributed by atoms with Crippen molar-refractivity contribution in [1.29, 1.82) is 0 Å². The molecule has 0 radical (unpaired) electrons. The van der Waals surface area contributed by atoms with Gasteiger partial charge < -0.3 is 10.6 Å². The summed E-state index contributed by atoms with van der Waals surface area (Å²) in [6, 6.07) is 6.73. The van der Waals surface area contributed by atoms with E-state index in [9.17, 15) is 9.59 Å². The summed E-state index contributed by atoms with van der Waals surface area (Å²) in [6.07, 6.45) is 0. The molecule has 2 rings (SSSR count). The second-order valence-electron chi connectivity index (χ2n) is 7.52. The highest BCUT2D eigenvalue weighted by molar-refractivity contribution is 6.33. The molecule has 1 heterocycles. The second-order valence-corrected chi connectivity index (χ2v) is 7.93. The van der Waals surface area contributed by atoms with Crippen LogP contribution in [0.1, 0.15) is 63.6 Å². The third-order valence-corrected chi connectivity index (χ3v) is 4.06. The van der Waals surface area contributed by atoms with Crippen LogP contribution < -0.4 is 10.6 Å². The molecule has 0 bridgehead atoms. The van der Waals surface area contributed by atoms with Gasteiger partial charge in [0.2, 0.25) is 5.91 Å². The number of aromatic nitrogens is 2. The Labute approximate surface area is 158 Å². The molecule has 0 saturated heterocycles. The molecule has 1 aromatic carbocycles. The summed E-state index contributed by atoms with van der Waals surface area (Å²) in [5, 5.41) is 10.3. The van der Waals surface area contributed by atoms with E-state index in [2.05, 4.69) is 29.6 Å². The molecule has 0 aliphatic carbocycles. The van der Waals surface area contributed by atoms with Crippen molar-refractivity contribution in [2.24, 2.45) is 0 Å². The summed E-state index contributed by atoms with van der Waals surface area (Å²) >= 11 is 6.06. The molecule has 7 heteroatoms. The molecule has 0 fully saturated rings. The molecule has 0 saturated carbocycles. The summed E-state index contributed by atoms with van der Waals surface area (Å²) in [5.74, 6) is -0.308. The Kier molecular flexibility index (Phi) is 5.76. The molecular formula is C19H25ClN4O2. The quantitative estimate of drug-likeness (QED) is 0.816. The van der Waals surface area contributed by atoms with E-state index in [4.69, 9.17) is 11.6 Å². The number of carbonyl (C=O) groups is 2. The van der Waals surface area contributed by atoms with Crippen LogP contribution in [0, 0.1) is 0 Å². The fourth-order valence-electron chi connectivity index (χ4n) is 2.54. The Balaban J connectivity index is 2.29. The first-order valence-electron chi connectivity index (χ1n) is 8.48. The van der Waals surface area contributed by atoms with Crippen molar-refractivity contribution in [2.45, 2.75) is 53.0 Å². The fourth-order valence-corrected chi connectivity index (χ4v) is 2.70. The second kappa shape index (κ2) is 7.50. The van der Waals surface area contributed by atoms with E-state index < -0.39 is 0 Å². The Hall–Kier alpha value is -2.34. The highest BCUT2D eigenvalue weighted by Gasteiger charge is 2.23. The first kappa shape index (κ1) is 20.0. The lowest BCUT2D eigenvalue weighted by Crippen LogP contribution is -2.26. The lowest BCUT2D eigenvalue weighted by molar-refractivity contribution is -0.114. The molecule has 2 N–H and O–H groups in total. The van der Waals surface area contributed by atoms with Crippen LogP contribution in [-0.2, 0) is 10.3 Å². The maximum Gasteiger partial charge on any atom is 0.276 e. The Morgan fingerprint density at radius 1 is 1.15 bits per heavy atom. The van der Waals surface area contributed by atoms with E-state index >= 15 is 0 Å². The van der Waals surface area contributed by atoms with Gasteiger partial charge in [0, 0.05) is 18.3 Å². The first-order valence-corrected chi connectivity index (χ1v) is 8.85. The molecule has 26 heavy (non-hydrogen) atoms. The first-order chi connectivity index (χ1) is 12.0. The minimum Gasteiger partial charge on any atom is -0.325 e. The molecule has 6 nitrogen and oxygen atoms in total. The van der Waals surface area contributed by atoms with Crippen LogP contribution in [-0.4, -0.2) is 21.6 Å². The number of hydrogen-bond donors (Lipinski definition) is 2. The van der Waals surface area contributed by atoms with Gasteiger partial charge in [-0.25, -0.2) is 0 Å². The van der Waals surface area contributed by atoms with Crippen LogP contribution in [0.2, 0.25) is 5.02 Å². The zero-order chi connectivity index (χ0) is 19.6.